The minimum atomic E-state index is -0.818. The number of hydrogen-bond acceptors (Lipinski definition) is 6. The molecule has 2 N–H and O–H groups in total. The predicted octanol–water partition coefficient (Wildman–Crippen LogP) is 2.67. The van der Waals surface area contributed by atoms with Gasteiger partial charge in [0.15, 0.2) is 0 Å². The number of benzene rings is 1. The first kappa shape index (κ1) is 19.1. The molecule has 28 heavy (non-hydrogen) atoms. The van der Waals surface area contributed by atoms with Crippen LogP contribution in [0.4, 0.5) is 0 Å². The van der Waals surface area contributed by atoms with Crippen molar-refractivity contribution in [2.45, 2.75) is 57.7 Å². The van der Waals surface area contributed by atoms with Crippen molar-refractivity contribution in [3.8, 4) is 11.4 Å². The minimum absolute atomic E-state index is 0.0510. The molecule has 2 aromatic rings. The van der Waals surface area contributed by atoms with Gasteiger partial charge in [0.1, 0.15) is 6.04 Å². The average molecular weight is 384 g/mol. The van der Waals surface area contributed by atoms with E-state index >= 15 is 0 Å². The van der Waals surface area contributed by atoms with Gasteiger partial charge in [-0.05, 0) is 57.3 Å². The van der Waals surface area contributed by atoms with Crippen LogP contribution in [0, 0.1) is 5.92 Å². The Labute approximate surface area is 165 Å². The summed E-state index contributed by atoms with van der Waals surface area (Å²) in [6.07, 6.45) is 4.84. The summed E-state index contributed by atoms with van der Waals surface area (Å²) in [5, 5.41) is 17.0. The molecule has 2 aliphatic rings. The predicted molar refractivity (Wildman–Crippen MR) is 104 cm³/mol. The van der Waals surface area contributed by atoms with Crippen LogP contribution in [0.5, 0.6) is 0 Å². The standard InChI is InChI=1S/C21H28N4O3/c1-14(26)18(22-20(27)16-8-9-16)21-23-19(24-28-21)17-7-5-6-15(12-17)13-25-10-3-2-4-11-25/h5-7,12,14,16,18,26H,2-4,8-11,13H2,1H3,(H,22,27)/t14-,18+/m1/s1. The van der Waals surface area contributed by atoms with Gasteiger partial charge in [-0.3, -0.25) is 9.69 Å². The Morgan fingerprint density at radius 3 is 2.82 bits per heavy atom. The largest absolute Gasteiger partial charge is 0.391 e. The van der Waals surface area contributed by atoms with Crippen LogP contribution < -0.4 is 5.32 Å². The van der Waals surface area contributed by atoms with Crippen molar-refractivity contribution in [2.75, 3.05) is 13.1 Å². The highest BCUT2D eigenvalue weighted by atomic mass is 16.5. The number of aromatic nitrogens is 2. The minimum Gasteiger partial charge on any atom is -0.391 e. The quantitative estimate of drug-likeness (QED) is 0.763. The van der Waals surface area contributed by atoms with E-state index in [9.17, 15) is 9.90 Å². The van der Waals surface area contributed by atoms with Gasteiger partial charge in [0.25, 0.3) is 5.89 Å². The molecule has 1 aromatic carbocycles. The Morgan fingerprint density at radius 1 is 1.32 bits per heavy atom. The second-order valence-corrected chi connectivity index (χ2v) is 7.99. The Bertz CT molecular complexity index is 809. The lowest BCUT2D eigenvalue weighted by Gasteiger charge is -2.26. The first-order valence-corrected chi connectivity index (χ1v) is 10.2. The van der Waals surface area contributed by atoms with Crippen LogP contribution in [-0.4, -0.2) is 45.2 Å². The van der Waals surface area contributed by atoms with E-state index in [0.29, 0.717) is 5.82 Å². The molecule has 7 nitrogen and oxygen atoms in total. The summed E-state index contributed by atoms with van der Waals surface area (Å²) in [4.78, 5) is 19.0. The summed E-state index contributed by atoms with van der Waals surface area (Å²) in [5.74, 6) is 0.700. The van der Waals surface area contributed by atoms with Crippen LogP contribution >= 0.6 is 0 Å². The third-order valence-electron chi connectivity index (χ3n) is 5.48. The maximum Gasteiger partial charge on any atom is 0.252 e. The van der Waals surface area contributed by atoms with E-state index < -0.39 is 12.1 Å². The van der Waals surface area contributed by atoms with Gasteiger partial charge >= 0.3 is 0 Å². The number of rotatable bonds is 7. The van der Waals surface area contributed by atoms with Gasteiger partial charge in [-0.15, -0.1) is 0 Å². The number of likely N-dealkylation sites (tertiary alicyclic amines) is 1. The van der Waals surface area contributed by atoms with Gasteiger partial charge in [0, 0.05) is 18.0 Å². The molecule has 7 heteroatoms. The Kier molecular flexibility index (Phi) is 5.73. The zero-order valence-corrected chi connectivity index (χ0v) is 16.3. The van der Waals surface area contributed by atoms with Crippen molar-refractivity contribution in [3.05, 3.63) is 35.7 Å². The fourth-order valence-corrected chi connectivity index (χ4v) is 3.67. The van der Waals surface area contributed by atoms with Crippen LogP contribution in [0.3, 0.4) is 0 Å². The highest BCUT2D eigenvalue weighted by Gasteiger charge is 2.34. The molecule has 1 aliphatic heterocycles. The van der Waals surface area contributed by atoms with E-state index in [-0.39, 0.29) is 17.7 Å². The SMILES string of the molecule is C[C@@H](O)[C@H](NC(=O)C1CC1)c1nc(-c2cccc(CN3CCCCC3)c2)no1. The highest BCUT2D eigenvalue weighted by Crippen LogP contribution is 2.30. The van der Waals surface area contributed by atoms with Gasteiger partial charge in [-0.2, -0.15) is 4.98 Å². The number of nitrogens with one attached hydrogen (secondary N) is 1. The molecule has 0 unspecified atom stereocenters. The Morgan fingerprint density at radius 2 is 2.11 bits per heavy atom. The Hall–Kier alpha value is -2.25. The van der Waals surface area contributed by atoms with Crippen molar-refractivity contribution in [1.82, 2.24) is 20.4 Å². The monoisotopic (exact) mass is 384 g/mol. The van der Waals surface area contributed by atoms with E-state index in [1.54, 1.807) is 6.92 Å². The number of carbonyl (C=O) groups excluding carboxylic acids is 1. The van der Waals surface area contributed by atoms with Crippen molar-refractivity contribution in [1.29, 1.82) is 0 Å². The normalized spacial score (nSPS) is 19.9. The fraction of sp³-hybridized carbons (Fsp3) is 0.571. The number of nitrogens with zero attached hydrogens (tertiary/aromatic N) is 3. The number of hydrogen-bond donors (Lipinski definition) is 2. The fourth-order valence-electron chi connectivity index (χ4n) is 3.67. The third kappa shape index (κ3) is 4.59. The molecule has 150 valence electrons. The topological polar surface area (TPSA) is 91.5 Å². The van der Waals surface area contributed by atoms with Crippen LogP contribution in [0.15, 0.2) is 28.8 Å². The van der Waals surface area contributed by atoms with Gasteiger partial charge < -0.3 is 14.9 Å². The molecular formula is C21H28N4O3. The molecule has 1 aliphatic carbocycles. The number of carbonyl (C=O) groups is 1. The lowest BCUT2D eigenvalue weighted by molar-refractivity contribution is -0.124. The van der Waals surface area contributed by atoms with E-state index in [0.717, 1.165) is 38.0 Å². The molecule has 4 rings (SSSR count). The molecule has 0 radical (unpaired) electrons. The second-order valence-electron chi connectivity index (χ2n) is 7.99. The first-order chi connectivity index (χ1) is 13.6. The maximum atomic E-state index is 12.1. The van der Waals surface area contributed by atoms with Crippen LogP contribution in [0.1, 0.15) is 56.5 Å². The summed E-state index contributed by atoms with van der Waals surface area (Å²) < 4.78 is 5.39. The molecule has 1 saturated heterocycles. The highest BCUT2D eigenvalue weighted by molar-refractivity contribution is 5.81. The molecule has 1 aromatic heterocycles. The molecule has 1 amide bonds. The molecule has 2 atom stereocenters. The Balaban J connectivity index is 1.48. The van der Waals surface area contributed by atoms with Gasteiger partial charge in [0.05, 0.1) is 6.10 Å². The lowest BCUT2D eigenvalue weighted by Crippen LogP contribution is -2.36. The van der Waals surface area contributed by atoms with Gasteiger partial charge in [0.2, 0.25) is 11.7 Å². The zero-order chi connectivity index (χ0) is 19.5. The van der Waals surface area contributed by atoms with Crippen molar-refractivity contribution >= 4 is 5.91 Å². The van der Waals surface area contributed by atoms with E-state index in [1.807, 2.05) is 12.1 Å². The van der Waals surface area contributed by atoms with Crippen LogP contribution in [-0.2, 0) is 11.3 Å². The second kappa shape index (κ2) is 8.41. The zero-order valence-electron chi connectivity index (χ0n) is 16.3. The van der Waals surface area contributed by atoms with E-state index in [4.69, 9.17) is 4.52 Å². The smallest absolute Gasteiger partial charge is 0.252 e. The summed E-state index contributed by atoms with van der Waals surface area (Å²) >= 11 is 0. The number of aliphatic hydroxyl groups excluding tert-OH is 1. The third-order valence-corrected chi connectivity index (χ3v) is 5.48. The first-order valence-electron chi connectivity index (χ1n) is 10.2. The molecule has 1 saturated carbocycles. The molecular weight excluding hydrogens is 356 g/mol. The molecule has 0 spiro atoms. The van der Waals surface area contributed by atoms with Gasteiger partial charge in [-0.25, -0.2) is 0 Å². The van der Waals surface area contributed by atoms with Crippen molar-refractivity contribution < 1.29 is 14.4 Å². The van der Waals surface area contributed by atoms with E-state index in [2.05, 4.69) is 32.5 Å². The molecule has 2 heterocycles. The summed E-state index contributed by atoms with van der Waals surface area (Å²) in [6.45, 7) is 4.83. The number of piperidine rings is 1. The number of amides is 1. The van der Waals surface area contributed by atoms with Crippen molar-refractivity contribution in [3.63, 3.8) is 0 Å². The maximum absolute atomic E-state index is 12.1. The number of aliphatic hydroxyl groups is 1. The molecule has 0 bridgehead atoms. The lowest BCUT2D eigenvalue weighted by atomic mass is 10.1. The average Bonchev–Trinajstić information content (AvgIpc) is 3.44. The van der Waals surface area contributed by atoms with Crippen LogP contribution in [0.2, 0.25) is 0 Å². The van der Waals surface area contributed by atoms with Crippen LogP contribution in [0.25, 0.3) is 11.4 Å². The summed E-state index contributed by atoms with van der Waals surface area (Å²) in [5.41, 5.74) is 2.10. The van der Waals surface area contributed by atoms with E-state index in [1.165, 1.54) is 24.8 Å². The van der Waals surface area contributed by atoms with Gasteiger partial charge in [-0.1, -0.05) is 29.8 Å². The summed E-state index contributed by atoms with van der Waals surface area (Å²) in [7, 11) is 0. The summed E-state index contributed by atoms with van der Waals surface area (Å²) in [6, 6.07) is 7.47. The van der Waals surface area contributed by atoms with Crippen molar-refractivity contribution in [2.24, 2.45) is 5.92 Å². The molecule has 2 fully saturated rings.